The third kappa shape index (κ3) is 3.30. The van der Waals surface area contributed by atoms with Crippen molar-refractivity contribution in [3.05, 3.63) is 28.8 Å². The minimum atomic E-state index is 0.224. The van der Waals surface area contributed by atoms with E-state index in [1.54, 1.807) is 0 Å². The predicted molar refractivity (Wildman–Crippen MR) is 68.3 cm³/mol. The third-order valence-electron chi connectivity index (χ3n) is 2.19. The van der Waals surface area contributed by atoms with Gasteiger partial charge in [-0.15, -0.1) is 0 Å². The zero-order chi connectivity index (χ0) is 11.3. The third-order valence-corrected chi connectivity index (χ3v) is 2.85. The van der Waals surface area contributed by atoms with Crippen LogP contribution in [0.3, 0.4) is 0 Å². The molecule has 0 aliphatic heterocycles. The van der Waals surface area contributed by atoms with E-state index in [2.05, 4.69) is 17.9 Å². The molecular formula is C11H16ClNOS. The Morgan fingerprint density at radius 3 is 2.73 bits per heavy atom. The van der Waals surface area contributed by atoms with Gasteiger partial charge in [0, 0.05) is 11.8 Å². The van der Waals surface area contributed by atoms with Crippen LogP contribution in [0.1, 0.15) is 18.5 Å². The molecule has 1 N–H and O–H groups in total. The van der Waals surface area contributed by atoms with Crippen LogP contribution in [0.4, 0.5) is 0 Å². The molecule has 0 heterocycles. The molecule has 1 aromatic carbocycles. The second kappa shape index (κ2) is 6.26. The molecule has 1 unspecified atom stereocenters. The molecule has 0 aliphatic carbocycles. The van der Waals surface area contributed by atoms with Crippen LogP contribution in [0.15, 0.2) is 18.2 Å². The molecule has 0 aromatic heterocycles. The molecule has 1 rings (SSSR count). The Morgan fingerprint density at radius 2 is 2.27 bits per heavy atom. The molecule has 4 heteroatoms. The lowest BCUT2D eigenvalue weighted by molar-refractivity contribution is 0.340. The highest BCUT2D eigenvalue weighted by molar-refractivity contribution is 7.80. The molecule has 0 fully saturated rings. The molecule has 0 saturated carbocycles. The molecule has 0 saturated heterocycles. The van der Waals surface area contributed by atoms with Crippen molar-refractivity contribution in [2.24, 2.45) is 0 Å². The number of thiol groups is 1. The maximum Gasteiger partial charge on any atom is 0.137 e. The number of halogens is 1. The minimum Gasteiger partial charge on any atom is -0.492 e. The van der Waals surface area contributed by atoms with Crippen molar-refractivity contribution < 1.29 is 4.74 Å². The van der Waals surface area contributed by atoms with Gasteiger partial charge in [0.1, 0.15) is 5.75 Å². The highest BCUT2D eigenvalue weighted by atomic mass is 35.5. The molecule has 15 heavy (non-hydrogen) atoms. The molecule has 0 spiro atoms. The van der Waals surface area contributed by atoms with Gasteiger partial charge in [-0.05, 0) is 31.7 Å². The van der Waals surface area contributed by atoms with Gasteiger partial charge in [0.2, 0.25) is 0 Å². The van der Waals surface area contributed by atoms with E-state index in [0.29, 0.717) is 11.6 Å². The second-order valence-corrected chi connectivity index (χ2v) is 3.92. The van der Waals surface area contributed by atoms with Crippen LogP contribution in [0.2, 0.25) is 5.02 Å². The molecule has 0 amide bonds. The monoisotopic (exact) mass is 245 g/mol. The van der Waals surface area contributed by atoms with Crippen LogP contribution < -0.4 is 10.1 Å². The summed E-state index contributed by atoms with van der Waals surface area (Å²) < 4.78 is 5.37. The number of benzene rings is 1. The first-order valence-electron chi connectivity index (χ1n) is 4.93. The largest absolute Gasteiger partial charge is 0.492 e. The van der Waals surface area contributed by atoms with Gasteiger partial charge in [-0.2, -0.15) is 12.6 Å². The van der Waals surface area contributed by atoms with Crippen molar-refractivity contribution in [3.63, 3.8) is 0 Å². The second-order valence-electron chi connectivity index (χ2n) is 3.15. The fraction of sp³-hybridized carbons (Fsp3) is 0.455. The first-order chi connectivity index (χ1) is 7.22. The highest BCUT2D eigenvalue weighted by Crippen LogP contribution is 2.28. The maximum atomic E-state index is 6.09. The minimum absolute atomic E-state index is 0.224. The molecule has 2 nitrogen and oxygen atoms in total. The van der Waals surface area contributed by atoms with E-state index in [0.717, 1.165) is 17.1 Å². The first kappa shape index (κ1) is 12.7. The van der Waals surface area contributed by atoms with Gasteiger partial charge >= 0.3 is 0 Å². The maximum absolute atomic E-state index is 6.09. The lowest BCUT2D eigenvalue weighted by Gasteiger charge is -2.15. The molecular weight excluding hydrogens is 230 g/mol. The van der Waals surface area contributed by atoms with Crippen LogP contribution >= 0.6 is 24.2 Å². The molecule has 84 valence electrons. The molecule has 0 bridgehead atoms. The van der Waals surface area contributed by atoms with Crippen molar-refractivity contribution in [1.29, 1.82) is 0 Å². The number of ether oxygens (including phenoxy) is 1. The van der Waals surface area contributed by atoms with Crippen molar-refractivity contribution >= 4 is 24.2 Å². The summed E-state index contributed by atoms with van der Waals surface area (Å²) in [6.07, 6.45) is 0. The molecule has 1 aromatic rings. The summed E-state index contributed by atoms with van der Waals surface area (Å²) in [7, 11) is 1.91. The van der Waals surface area contributed by atoms with Crippen LogP contribution in [-0.4, -0.2) is 19.4 Å². The number of hydrogen-bond donors (Lipinski definition) is 2. The number of rotatable bonds is 5. The Kier molecular flexibility index (Phi) is 5.29. The topological polar surface area (TPSA) is 21.3 Å². The Balaban J connectivity index is 2.89. The lowest BCUT2D eigenvalue weighted by Crippen LogP contribution is -2.17. The Hall–Kier alpha value is -0.380. The average Bonchev–Trinajstić information content (AvgIpc) is 2.24. The Morgan fingerprint density at radius 1 is 1.53 bits per heavy atom. The van der Waals surface area contributed by atoms with Gasteiger partial charge in [-0.3, -0.25) is 0 Å². The van der Waals surface area contributed by atoms with Crippen LogP contribution in [0, 0.1) is 0 Å². The van der Waals surface area contributed by atoms with E-state index in [1.807, 2.05) is 32.2 Å². The van der Waals surface area contributed by atoms with E-state index >= 15 is 0 Å². The Bertz CT molecular complexity index is 315. The zero-order valence-electron chi connectivity index (χ0n) is 8.96. The normalized spacial score (nSPS) is 12.5. The van der Waals surface area contributed by atoms with E-state index in [4.69, 9.17) is 16.3 Å². The number of hydrogen-bond acceptors (Lipinski definition) is 3. The van der Waals surface area contributed by atoms with Crippen LogP contribution in [0.25, 0.3) is 0 Å². The zero-order valence-corrected chi connectivity index (χ0v) is 10.6. The van der Waals surface area contributed by atoms with Crippen molar-refractivity contribution in [2.45, 2.75) is 13.0 Å². The van der Waals surface area contributed by atoms with Crippen molar-refractivity contribution in [3.8, 4) is 5.75 Å². The number of nitrogens with one attached hydrogen (secondary N) is 1. The summed E-state index contributed by atoms with van der Waals surface area (Å²) in [5.41, 5.74) is 1.13. The lowest BCUT2D eigenvalue weighted by atomic mass is 10.1. The highest BCUT2D eigenvalue weighted by Gasteiger charge is 2.09. The van der Waals surface area contributed by atoms with E-state index in [1.165, 1.54) is 0 Å². The molecule has 0 aliphatic rings. The summed E-state index contributed by atoms with van der Waals surface area (Å²) in [6.45, 7) is 2.56. The summed E-state index contributed by atoms with van der Waals surface area (Å²) >= 11 is 10.4. The fourth-order valence-corrected chi connectivity index (χ4v) is 2.01. The van der Waals surface area contributed by atoms with Gasteiger partial charge in [0.25, 0.3) is 0 Å². The van der Waals surface area contributed by atoms with Crippen LogP contribution in [-0.2, 0) is 0 Å². The summed E-state index contributed by atoms with van der Waals surface area (Å²) in [6, 6.07) is 6.05. The van der Waals surface area contributed by atoms with Crippen molar-refractivity contribution in [2.75, 3.05) is 19.4 Å². The molecule has 0 radical (unpaired) electrons. The predicted octanol–water partition coefficient (Wildman–Crippen LogP) is 2.93. The summed E-state index contributed by atoms with van der Waals surface area (Å²) in [5.74, 6) is 1.47. The fourth-order valence-electron chi connectivity index (χ4n) is 1.37. The van der Waals surface area contributed by atoms with Gasteiger partial charge in [-0.1, -0.05) is 17.7 Å². The summed E-state index contributed by atoms with van der Waals surface area (Å²) in [5, 5.41) is 3.82. The van der Waals surface area contributed by atoms with Crippen LogP contribution in [0.5, 0.6) is 5.75 Å². The Labute approximate surface area is 101 Å². The molecule has 1 atom stereocenters. The van der Waals surface area contributed by atoms with Gasteiger partial charge in [-0.25, -0.2) is 0 Å². The van der Waals surface area contributed by atoms with Gasteiger partial charge in [0.05, 0.1) is 11.6 Å². The van der Waals surface area contributed by atoms with E-state index < -0.39 is 0 Å². The smallest absolute Gasteiger partial charge is 0.137 e. The van der Waals surface area contributed by atoms with Gasteiger partial charge < -0.3 is 10.1 Å². The van der Waals surface area contributed by atoms with E-state index in [9.17, 15) is 0 Å². The first-order valence-corrected chi connectivity index (χ1v) is 5.94. The van der Waals surface area contributed by atoms with E-state index in [-0.39, 0.29) is 6.04 Å². The van der Waals surface area contributed by atoms with Gasteiger partial charge in [0.15, 0.2) is 0 Å². The quantitative estimate of drug-likeness (QED) is 0.779. The SMILES string of the molecule is CCOc1ccc(C(CS)NC)cc1Cl. The average molecular weight is 246 g/mol. The summed E-state index contributed by atoms with van der Waals surface area (Å²) in [4.78, 5) is 0. The van der Waals surface area contributed by atoms with Crippen molar-refractivity contribution in [1.82, 2.24) is 5.32 Å². The standard InChI is InChI=1S/C11H16ClNOS/c1-3-14-11-5-4-8(6-9(11)12)10(7-15)13-2/h4-6,10,13,15H,3,7H2,1-2H3.